The van der Waals surface area contributed by atoms with Gasteiger partial charge in [-0.2, -0.15) is 0 Å². The van der Waals surface area contributed by atoms with Gasteiger partial charge in [-0.05, 0) is 42.3 Å². The van der Waals surface area contributed by atoms with Crippen LogP contribution in [0.25, 0.3) is 0 Å². The van der Waals surface area contributed by atoms with Crippen LogP contribution in [0.3, 0.4) is 0 Å². The highest BCUT2D eigenvalue weighted by molar-refractivity contribution is 7.99. The second-order valence-corrected chi connectivity index (χ2v) is 6.39. The van der Waals surface area contributed by atoms with Crippen LogP contribution in [0.15, 0.2) is 58.3 Å². The van der Waals surface area contributed by atoms with Crippen molar-refractivity contribution in [1.29, 1.82) is 0 Å². The molecule has 0 fully saturated rings. The quantitative estimate of drug-likeness (QED) is 0.743. The standard InChI is InChI=1S/C17H20ClNS/c1-2-3-7-16(19)15-6-4-5-8-17(15)20-14-11-9-13(18)10-12-14/h4-6,8-12,16H,2-3,7,19H2,1H3/t16-/m0/s1. The highest BCUT2D eigenvalue weighted by Crippen LogP contribution is 2.34. The summed E-state index contributed by atoms with van der Waals surface area (Å²) in [5.74, 6) is 0. The summed E-state index contributed by atoms with van der Waals surface area (Å²) in [5.41, 5.74) is 7.56. The minimum absolute atomic E-state index is 0.117. The van der Waals surface area contributed by atoms with E-state index in [1.54, 1.807) is 11.8 Å². The fraction of sp³-hybridized carbons (Fsp3) is 0.294. The molecule has 20 heavy (non-hydrogen) atoms. The molecule has 0 spiro atoms. The van der Waals surface area contributed by atoms with Crippen molar-refractivity contribution in [2.24, 2.45) is 5.73 Å². The lowest BCUT2D eigenvalue weighted by Crippen LogP contribution is -2.11. The van der Waals surface area contributed by atoms with Crippen molar-refractivity contribution in [2.45, 2.75) is 42.0 Å². The van der Waals surface area contributed by atoms with E-state index in [9.17, 15) is 0 Å². The van der Waals surface area contributed by atoms with E-state index in [1.165, 1.54) is 28.2 Å². The molecule has 2 rings (SSSR count). The zero-order valence-corrected chi connectivity index (χ0v) is 13.3. The molecule has 1 nitrogen and oxygen atoms in total. The normalized spacial score (nSPS) is 12.3. The summed E-state index contributed by atoms with van der Waals surface area (Å²) < 4.78 is 0. The van der Waals surface area contributed by atoms with Crippen LogP contribution in [0.4, 0.5) is 0 Å². The molecule has 0 radical (unpaired) electrons. The topological polar surface area (TPSA) is 26.0 Å². The number of hydrogen-bond acceptors (Lipinski definition) is 2. The Kier molecular flexibility index (Phi) is 5.96. The van der Waals surface area contributed by atoms with Gasteiger partial charge in [0.05, 0.1) is 0 Å². The third kappa shape index (κ3) is 4.27. The Hall–Kier alpha value is -0.960. The molecule has 106 valence electrons. The third-order valence-corrected chi connectivity index (χ3v) is 4.58. The Balaban J connectivity index is 2.17. The number of unbranched alkanes of at least 4 members (excludes halogenated alkanes) is 1. The van der Waals surface area contributed by atoms with Gasteiger partial charge in [0.15, 0.2) is 0 Å². The molecular weight excluding hydrogens is 286 g/mol. The van der Waals surface area contributed by atoms with Gasteiger partial charge < -0.3 is 5.73 Å². The first kappa shape index (κ1) is 15.4. The van der Waals surface area contributed by atoms with Crippen molar-refractivity contribution in [2.75, 3.05) is 0 Å². The summed E-state index contributed by atoms with van der Waals surface area (Å²) in [6.45, 7) is 2.20. The Morgan fingerprint density at radius 2 is 1.80 bits per heavy atom. The molecule has 0 aliphatic rings. The molecule has 0 aliphatic carbocycles. The lowest BCUT2D eigenvalue weighted by Gasteiger charge is -2.16. The Morgan fingerprint density at radius 1 is 1.10 bits per heavy atom. The molecule has 0 aromatic heterocycles. The molecule has 0 heterocycles. The van der Waals surface area contributed by atoms with Crippen LogP contribution < -0.4 is 5.73 Å². The molecular formula is C17H20ClNS. The molecule has 0 saturated heterocycles. The largest absolute Gasteiger partial charge is 0.324 e. The SMILES string of the molecule is CCCC[C@H](N)c1ccccc1Sc1ccc(Cl)cc1. The van der Waals surface area contributed by atoms with Crippen molar-refractivity contribution in [3.05, 3.63) is 59.1 Å². The summed E-state index contributed by atoms with van der Waals surface area (Å²) in [7, 11) is 0. The lowest BCUT2D eigenvalue weighted by molar-refractivity contribution is 0.596. The van der Waals surface area contributed by atoms with Crippen molar-refractivity contribution in [3.63, 3.8) is 0 Å². The minimum Gasteiger partial charge on any atom is -0.324 e. The highest BCUT2D eigenvalue weighted by Gasteiger charge is 2.11. The lowest BCUT2D eigenvalue weighted by atomic mass is 10.0. The van der Waals surface area contributed by atoms with Crippen LogP contribution in [0, 0.1) is 0 Å². The number of rotatable bonds is 6. The van der Waals surface area contributed by atoms with Crippen molar-refractivity contribution in [3.8, 4) is 0 Å². The van der Waals surface area contributed by atoms with E-state index in [-0.39, 0.29) is 6.04 Å². The monoisotopic (exact) mass is 305 g/mol. The van der Waals surface area contributed by atoms with Gasteiger partial charge in [-0.1, -0.05) is 61.3 Å². The fourth-order valence-electron chi connectivity index (χ4n) is 2.09. The van der Waals surface area contributed by atoms with Gasteiger partial charge in [0.25, 0.3) is 0 Å². The van der Waals surface area contributed by atoms with Crippen LogP contribution in [-0.2, 0) is 0 Å². The number of nitrogens with two attached hydrogens (primary N) is 1. The second kappa shape index (κ2) is 7.72. The summed E-state index contributed by atoms with van der Waals surface area (Å²) >= 11 is 7.67. The Labute approximate surface area is 130 Å². The highest BCUT2D eigenvalue weighted by atomic mass is 35.5. The van der Waals surface area contributed by atoms with Crippen LogP contribution >= 0.6 is 23.4 Å². The van der Waals surface area contributed by atoms with Crippen LogP contribution in [-0.4, -0.2) is 0 Å². The molecule has 0 aliphatic heterocycles. The molecule has 0 unspecified atom stereocenters. The maximum atomic E-state index is 6.33. The van der Waals surface area contributed by atoms with Crippen molar-refractivity contribution < 1.29 is 0 Å². The molecule has 0 bridgehead atoms. The first-order valence-corrected chi connectivity index (χ1v) is 8.18. The molecule has 2 N–H and O–H groups in total. The predicted molar refractivity (Wildman–Crippen MR) is 88.5 cm³/mol. The smallest absolute Gasteiger partial charge is 0.0406 e. The molecule has 3 heteroatoms. The van der Waals surface area contributed by atoms with E-state index in [0.29, 0.717) is 0 Å². The van der Waals surface area contributed by atoms with E-state index >= 15 is 0 Å². The van der Waals surface area contributed by atoms with E-state index < -0.39 is 0 Å². The number of halogens is 1. The van der Waals surface area contributed by atoms with E-state index in [2.05, 4.69) is 31.2 Å². The summed E-state index contributed by atoms with van der Waals surface area (Å²) in [4.78, 5) is 2.42. The van der Waals surface area contributed by atoms with Gasteiger partial charge >= 0.3 is 0 Å². The molecule has 1 atom stereocenters. The predicted octanol–water partition coefficient (Wildman–Crippen LogP) is 5.68. The van der Waals surface area contributed by atoms with E-state index in [0.717, 1.165) is 11.4 Å². The van der Waals surface area contributed by atoms with Crippen LogP contribution in [0.5, 0.6) is 0 Å². The zero-order valence-electron chi connectivity index (χ0n) is 11.7. The number of hydrogen-bond donors (Lipinski definition) is 1. The molecule has 0 amide bonds. The second-order valence-electron chi connectivity index (χ2n) is 4.84. The fourth-order valence-corrected chi connectivity index (χ4v) is 3.22. The van der Waals surface area contributed by atoms with E-state index in [4.69, 9.17) is 17.3 Å². The number of benzene rings is 2. The molecule has 2 aromatic rings. The molecule has 0 saturated carbocycles. The van der Waals surface area contributed by atoms with Crippen molar-refractivity contribution >= 4 is 23.4 Å². The van der Waals surface area contributed by atoms with Crippen molar-refractivity contribution in [1.82, 2.24) is 0 Å². The van der Waals surface area contributed by atoms with Crippen LogP contribution in [0.1, 0.15) is 37.8 Å². The zero-order chi connectivity index (χ0) is 14.4. The van der Waals surface area contributed by atoms with Gasteiger partial charge in [-0.3, -0.25) is 0 Å². The van der Waals surface area contributed by atoms with Gasteiger partial charge in [-0.25, -0.2) is 0 Å². The van der Waals surface area contributed by atoms with Gasteiger partial charge in [0.2, 0.25) is 0 Å². The Bertz CT molecular complexity index is 539. The maximum absolute atomic E-state index is 6.33. The average molecular weight is 306 g/mol. The Morgan fingerprint density at radius 3 is 2.50 bits per heavy atom. The van der Waals surface area contributed by atoms with Gasteiger partial charge in [0, 0.05) is 20.9 Å². The van der Waals surface area contributed by atoms with E-state index in [1.807, 2.05) is 24.3 Å². The van der Waals surface area contributed by atoms with Gasteiger partial charge in [0.1, 0.15) is 0 Å². The first-order chi connectivity index (χ1) is 9.70. The third-order valence-electron chi connectivity index (χ3n) is 3.23. The van der Waals surface area contributed by atoms with Gasteiger partial charge in [-0.15, -0.1) is 0 Å². The molecule has 2 aromatic carbocycles. The summed E-state index contributed by atoms with van der Waals surface area (Å²) in [6.07, 6.45) is 3.38. The average Bonchev–Trinajstić information content (AvgIpc) is 2.48. The first-order valence-electron chi connectivity index (χ1n) is 6.98. The minimum atomic E-state index is 0.117. The summed E-state index contributed by atoms with van der Waals surface area (Å²) in [6, 6.07) is 16.4. The van der Waals surface area contributed by atoms with Crippen LogP contribution in [0.2, 0.25) is 5.02 Å². The summed E-state index contributed by atoms with van der Waals surface area (Å²) in [5, 5.41) is 0.766. The maximum Gasteiger partial charge on any atom is 0.0406 e.